The first kappa shape index (κ1) is 46.2. The molecule has 9 aromatic rings. The Kier molecular flexibility index (Phi) is 14.7. The Bertz CT molecular complexity index is 2960. The largest absolute Gasteiger partial charge is 3.00 e. The Morgan fingerprint density at radius 3 is 1.49 bits per heavy atom. The number of aromatic nitrogens is 2. The molecule has 0 bridgehead atoms. The van der Waals surface area contributed by atoms with E-state index in [2.05, 4.69) is 169 Å². The predicted molar refractivity (Wildman–Crippen MR) is 273 cm³/mol. The van der Waals surface area contributed by atoms with Crippen LogP contribution in [0.25, 0.3) is 61.6 Å². The van der Waals surface area contributed by atoms with Gasteiger partial charge >= 0.3 is 20.1 Å². The molecular weight excluding hydrogens is 997 g/mol. The van der Waals surface area contributed by atoms with Gasteiger partial charge in [0.25, 0.3) is 0 Å². The third-order valence-electron chi connectivity index (χ3n) is 11.8. The summed E-state index contributed by atoms with van der Waals surface area (Å²) in [6.07, 6.45) is 5.78. The van der Waals surface area contributed by atoms with Crippen LogP contribution in [0.4, 0.5) is 11.4 Å². The zero-order chi connectivity index (χ0) is 45.4. The normalized spacial score (nSPS) is 12.1. The minimum Gasteiger partial charge on any atom is -0.506 e. The molecule has 2 aromatic heterocycles. The van der Waals surface area contributed by atoms with Crippen LogP contribution in [0, 0.1) is 18.8 Å². The molecule has 3 heterocycles. The monoisotopic (exact) mass is 1050 g/mol. The number of para-hydroxylation sites is 3. The van der Waals surface area contributed by atoms with Gasteiger partial charge in [-0.25, -0.2) is 0 Å². The quantitative estimate of drug-likeness (QED) is 0.138. The van der Waals surface area contributed by atoms with Crippen LogP contribution in [-0.2, 0) is 20.1 Å². The van der Waals surface area contributed by atoms with Gasteiger partial charge in [0.05, 0.1) is 5.69 Å². The molecule has 6 heteroatoms. The van der Waals surface area contributed by atoms with Gasteiger partial charge in [0.2, 0.25) is 0 Å². The van der Waals surface area contributed by atoms with Gasteiger partial charge in [0.15, 0.2) is 0 Å². The number of hydrogen-bond acceptors (Lipinski definition) is 5. The molecule has 0 radical (unpaired) electrons. The summed E-state index contributed by atoms with van der Waals surface area (Å²) in [5, 5.41) is 10.8. The van der Waals surface area contributed by atoms with Crippen LogP contribution in [-0.4, -0.2) is 15.1 Å². The Morgan fingerprint density at radius 1 is 0.507 bits per heavy atom. The molecule has 5 nitrogen and oxygen atoms in total. The molecule has 0 saturated heterocycles. The Balaban J connectivity index is 0.000000182. The molecule has 0 atom stereocenters. The van der Waals surface area contributed by atoms with Crippen molar-refractivity contribution in [3.05, 3.63) is 248 Å². The molecule has 0 aliphatic carbocycles. The van der Waals surface area contributed by atoms with Crippen molar-refractivity contribution in [1.29, 1.82) is 0 Å². The minimum absolute atomic E-state index is 0. The summed E-state index contributed by atoms with van der Waals surface area (Å²) in [6.45, 7) is 11.1. The first-order valence-electron chi connectivity index (χ1n) is 22.5. The summed E-state index contributed by atoms with van der Waals surface area (Å²) in [4.78, 5) is 13.2. The number of aromatic hydroxyl groups is 1. The molecule has 1 aliphatic heterocycles. The summed E-state index contributed by atoms with van der Waals surface area (Å²) in [5.41, 5.74) is 17.4. The summed E-state index contributed by atoms with van der Waals surface area (Å²) < 4.78 is 0. The van der Waals surface area contributed by atoms with Crippen LogP contribution in [0.3, 0.4) is 0 Å². The van der Waals surface area contributed by atoms with Gasteiger partial charge in [-0.2, -0.15) is 30.3 Å². The predicted octanol–water partition coefficient (Wildman–Crippen LogP) is 15.5. The SMILES string of the molecule is CC(C)c1cc(-c2ccccc2)cc(C(C)C)c1C1=CN(c2[c-]cccc2)[CH-]N1c1ccccc1O.[Ir+3].[c-]1c(-c2ccccn2)cc(-c2ccc(-c3ccccc3)cc2)cc1-c1ccccn1. The van der Waals surface area contributed by atoms with Gasteiger partial charge in [-0.05, 0) is 81.2 Å². The number of phenolic OH excluding ortho intramolecular Hbond substituents is 1. The van der Waals surface area contributed by atoms with E-state index in [1.165, 1.54) is 38.9 Å². The molecule has 0 amide bonds. The van der Waals surface area contributed by atoms with Gasteiger partial charge in [0, 0.05) is 35.0 Å². The van der Waals surface area contributed by atoms with Crippen molar-refractivity contribution in [2.75, 3.05) is 9.80 Å². The third-order valence-corrected chi connectivity index (χ3v) is 11.8. The fraction of sp³-hybridized carbons (Fsp3) is 0.0984. The van der Waals surface area contributed by atoms with Gasteiger partial charge in [-0.1, -0.05) is 178 Å². The summed E-state index contributed by atoms with van der Waals surface area (Å²) in [7, 11) is 0. The molecule has 67 heavy (non-hydrogen) atoms. The number of anilines is 2. The van der Waals surface area contributed by atoms with Crippen molar-refractivity contribution in [2.24, 2.45) is 0 Å². The van der Waals surface area contributed by atoms with Gasteiger partial charge in [-0.15, -0.1) is 30.6 Å². The number of hydrogen-bond donors (Lipinski definition) is 1. The maximum Gasteiger partial charge on any atom is 3.00 e. The minimum atomic E-state index is 0. The van der Waals surface area contributed by atoms with Crippen molar-refractivity contribution in [2.45, 2.75) is 39.5 Å². The number of rotatable bonds is 10. The molecule has 0 fully saturated rings. The number of benzene rings is 7. The molecule has 10 rings (SSSR count). The first-order chi connectivity index (χ1) is 32.3. The van der Waals surface area contributed by atoms with Gasteiger partial charge in [0.1, 0.15) is 5.75 Å². The van der Waals surface area contributed by atoms with E-state index in [0.29, 0.717) is 11.8 Å². The smallest absolute Gasteiger partial charge is 0.506 e. The van der Waals surface area contributed by atoms with Crippen molar-refractivity contribution in [3.8, 4) is 61.6 Å². The third kappa shape index (κ3) is 10.5. The van der Waals surface area contributed by atoms with E-state index < -0.39 is 0 Å². The van der Waals surface area contributed by atoms with Crippen molar-refractivity contribution >= 4 is 17.1 Å². The maximum absolute atomic E-state index is 10.8. The fourth-order valence-corrected chi connectivity index (χ4v) is 8.37. The van der Waals surface area contributed by atoms with E-state index in [-0.39, 0.29) is 25.9 Å². The molecule has 7 aromatic carbocycles. The molecule has 1 aliphatic rings. The molecule has 1 N–H and O–H groups in total. The second-order valence-corrected chi connectivity index (χ2v) is 16.9. The molecule has 0 unspecified atom stereocenters. The zero-order valence-electron chi connectivity index (χ0n) is 38.0. The fourth-order valence-electron chi connectivity index (χ4n) is 8.37. The summed E-state index contributed by atoms with van der Waals surface area (Å²) in [5.74, 6) is 0.868. The van der Waals surface area contributed by atoms with Gasteiger partial charge < -0.3 is 14.9 Å². The van der Waals surface area contributed by atoms with E-state index in [9.17, 15) is 5.11 Å². The van der Waals surface area contributed by atoms with Crippen molar-refractivity contribution in [1.82, 2.24) is 9.97 Å². The van der Waals surface area contributed by atoms with E-state index in [1.807, 2.05) is 104 Å². The van der Waals surface area contributed by atoms with E-state index in [0.717, 1.165) is 50.7 Å². The topological polar surface area (TPSA) is 52.5 Å². The van der Waals surface area contributed by atoms with E-state index in [1.54, 1.807) is 6.07 Å². The van der Waals surface area contributed by atoms with Crippen LogP contribution in [0.5, 0.6) is 5.75 Å². The molecule has 0 saturated carbocycles. The molecule has 330 valence electrons. The number of nitrogens with zero attached hydrogens (tertiary/aromatic N) is 4. The molecule has 0 spiro atoms. The second-order valence-electron chi connectivity index (χ2n) is 16.9. The average Bonchev–Trinajstić information content (AvgIpc) is 3.82. The van der Waals surface area contributed by atoms with E-state index >= 15 is 0 Å². The Hall–Kier alpha value is -7.37. The standard InChI is InChI=1S/C33H32N2O.C28H19N2.Ir/c1-23(2)28-19-26(25-13-7-5-8-14-25)20-29(24(3)4)33(28)31-21-34(27-15-9-6-10-16-27)22-35(31)30-17-11-12-18-32(30)36;1-2-8-21(9-3-1)22-12-14-23(15-13-22)24-18-25(27-10-4-6-16-29-27)20-26(19-24)28-11-5-7-17-30-28;/h5-15,17-24,36H,1-4H3;1-19H;/q-2;-1;+3. The first-order valence-corrected chi connectivity index (χ1v) is 22.5. The average molecular weight is 1050 g/mol. The second kappa shape index (κ2) is 21.3. The Morgan fingerprint density at radius 2 is 0.985 bits per heavy atom. The van der Waals surface area contributed by atoms with Crippen LogP contribution < -0.4 is 9.80 Å². The van der Waals surface area contributed by atoms with Crippen LogP contribution in [0.1, 0.15) is 56.2 Å². The van der Waals surface area contributed by atoms with Crippen molar-refractivity contribution < 1.29 is 25.2 Å². The van der Waals surface area contributed by atoms with Gasteiger partial charge in [-0.3, -0.25) is 9.97 Å². The van der Waals surface area contributed by atoms with Crippen LogP contribution in [0.15, 0.2) is 213 Å². The summed E-state index contributed by atoms with van der Waals surface area (Å²) in [6, 6.07) is 72.8. The number of phenols is 1. The van der Waals surface area contributed by atoms with Crippen molar-refractivity contribution in [3.63, 3.8) is 0 Å². The molecular formula is C61H51IrN4O. The van der Waals surface area contributed by atoms with Crippen LogP contribution >= 0.6 is 0 Å². The van der Waals surface area contributed by atoms with E-state index in [4.69, 9.17) is 0 Å². The maximum atomic E-state index is 10.8. The number of pyridine rings is 2. The Labute approximate surface area is 409 Å². The van der Waals surface area contributed by atoms with Crippen LogP contribution in [0.2, 0.25) is 0 Å². The summed E-state index contributed by atoms with van der Waals surface area (Å²) >= 11 is 0. The zero-order valence-corrected chi connectivity index (χ0v) is 40.4.